The third kappa shape index (κ3) is 19.5. The van der Waals surface area contributed by atoms with E-state index in [9.17, 15) is 14.4 Å². The number of amides is 2. The number of nitrogens with one attached hydrogen (secondary N) is 2. The normalized spacial score (nSPS) is 18.3. The minimum Gasteiger partial charge on any atom is -0.463 e. The van der Waals surface area contributed by atoms with Crippen LogP contribution in [0.25, 0.3) is 0 Å². The molecule has 0 aromatic carbocycles. The highest BCUT2D eigenvalue weighted by Gasteiger charge is 2.45. The van der Waals surface area contributed by atoms with Crippen molar-refractivity contribution in [2.24, 2.45) is 11.3 Å². The minimum absolute atomic E-state index is 0.0126. The molecule has 1 rings (SSSR count). The second-order valence-electron chi connectivity index (χ2n) is 14.1. The van der Waals surface area contributed by atoms with E-state index in [4.69, 9.17) is 14.2 Å². The molecule has 2 atom stereocenters. The quantitative estimate of drug-likeness (QED) is 0.0647. The van der Waals surface area contributed by atoms with Gasteiger partial charge in [-0.25, -0.2) is 0 Å². The minimum atomic E-state index is -0.837. The average Bonchev–Trinajstić information content (AvgIpc) is 2.95. The van der Waals surface area contributed by atoms with Crippen molar-refractivity contribution in [2.45, 2.75) is 169 Å². The first-order valence-corrected chi connectivity index (χ1v) is 17.6. The summed E-state index contributed by atoms with van der Waals surface area (Å²) in [7, 11) is 0. The van der Waals surface area contributed by atoms with E-state index in [0.717, 1.165) is 32.1 Å². The summed E-state index contributed by atoms with van der Waals surface area (Å²) in [6, 6.07) is -0.220. The Bertz CT molecular complexity index is 838. The molecule has 1 unspecified atom stereocenters. The van der Waals surface area contributed by atoms with Crippen LogP contribution in [0, 0.1) is 11.3 Å². The number of hydrogen-bond donors (Lipinski definition) is 2. The van der Waals surface area contributed by atoms with E-state index in [1.807, 2.05) is 13.8 Å². The molecule has 8 nitrogen and oxygen atoms in total. The molecular weight excluding hydrogens is 556 g/mol. The van der Waals surface area contributed by atoms with Crippen molar-refractivity contribution in [1.82, 2.24) is 10.6 Å². The van der Waals surface area contributed by atoms with Crippen LogP contribution in [0.15, 0.2) is 12.2 Å². The van der Waals surface area contributed by atoms with Crippen molar-refractivity contribution in [3.8, 4) is 0 Å². The Hall–Kier alpha value is -1.93. The van der Waals surface area contributed by atoms with Gasteiger partial charge in [0.25, 0.3) is 0 Å². The Morgan fingerprint density at radius 3 is 2.07 bits per heavy atom. The van der Waals surface area contributed by atoms with E-state index < -0.39 is 23.3 Å². The molecule has 0 aliphatic carbocycles. The second kappa shape index (κ2) is 22.6. The Balaban J connectivity index is 2.20. The number of esters is 1. The molecule has 256 valence electrons. The van der Waals surface area contributed by atoms with Gasteiger partial charge in [0, 0.05) is 18.4 Å². The van der Waals surface area contributed by atoms with Gasteiger partial charge < -0.3 is 24.8 Å². The molecule has 0 aromatic rings. The van der Waals surface area contributed by atoms with Crippen LogP contribution < -0.4 is 10.6 Å². The molecule has 44 heavy (non-hydrogen) atoms. The number of unbranched alkanes of at least 4 members (excludes halogenated alkanes) is 11. The maximum Gasteiger partial charge on any atom is 0.307 e. The lowest BCUT2D eigenvalue weighted by molar-refractivity contribution is -0.304. The smallest absolute Gasteiger partial charge is 0.307 e. The number of ether oxygens (including phenoxy) is 3. The number of rotatable bonds is 24. The predicted molar refractivity (Wildman–Crippen MR) is 178 cm³/mol. The lowest BCUT2D eigenvalue weighted by Crippen LogP contribution is -2.56. The van der Waals surface area contributed by atoms with Crippen LogP contribution in [0.4, 0.5) is 0 Å². The van der Waals surface area contributed by atoms with Gasteiger partial charge in [0.15, 0.2) is 5.79 Å². The summed E-state index contributed by atoms with van der Waals surface area (Å²) in [5.41, 5.74) is -0.480. The van der Waals surface area contributed by atoms with Crippen molar-refractivity contribution < 1.29 is 28.6 Å². The largest absolute Gasteiger partial charge is 0.463 e. The Morgan fingerprint density at radius 2 is 1.45 bits per heavy atom. The molecule has 0 saturated carbocycles. The van der Waals surface area contributed by atoms with E-state index in [2.05, 4.69) is 43.6 Å². The number of hydrogen-bond acceptors (Lipinski definition) is 6. The van der Waals surface area contributed by atoms with Crippen molar-refractivity contribution in [2.75, 3.05) is 19.8 Å². The predicted octanol–water partition coefficient (Wildman–Crippen LogP) is 7.78. The van der Waals surface area contributed by atoms with Crippen LogP contribution in [0.1, 0.15) is 151 Å². The molecule has 2 N–H and O–H groups in total. The highest BCUT2D eigenvalue weighted by molar-refractivity contribution is 5.82. The average molecular weight is 623 g/mol. The monoisotopic (exact) mass is 622 g/mol. The van der Waals surface area contributed by atoms with Gasteiger partial charge in [0.1, 0.15) is 12.7 Å². The molecule has 1 aliphatic heterocycles. The SMILES string of the molecule is CCCCCCCC/C=C\CCCCCCCC(=O)N[C@H](COC(=O)CCNC(=O)C1OC(C)(C)OCC1(C)C)CC(C)C. The van der Waals surface area contributed by atoms with Gasteiger partial charge in [-0.1, -0.05) is 98.1 Å². The molecule has 0 bridgehead atoms. The van der Waals surface area contributed by atoms with Crippen molar-refractivity contribution in [1.29, 1.82) is 0 Å². The highest BCUT2D eigenvalue weighted by atomic mass is 16.7. The molecule has 1 heterocycles. The maximum atomic E-state index is 12.7. The van der Waals surface area contributed by atoms with Gasteiger partial charge in [0.2, 0.25) is 11.8 Å². The van der Waals surface area contributed by atoms with E-state index in [1.165, 1.54) is 57.8 Å². The summed E-state index contributed by atoms with van der Waals surface area (Å²) >= 11 is 0. The summed E-state index contributed by atoms with van der Waals surface area (Å²) in [6.45, 7) is 14.5. The van der Waals surface area contributed by atoms with Crippen LogP contribution in [-0.2, 0) is 28.6 Å². The standard InChI is InChI=1S/C36H66N2O6/c1-8-9-10-11-12-13-14-15-16-17-18-19-20-21-22-23-31(39)38-30(26-29(2)3)27-42-32(40)24-25-37-34(41)33-35(4,5)28-43-36(6,7)44-33/h15-16,29-30,33H,8-14,17-28H2,1-7H3,(H,37,41)(H,38,39)/b16-15-/t30-,33?/m0/s1. The molecule has 1 saturated heterocycles. The number of carbonyl (C=O) groups is 3. The van der Waals surface area contributed by atoms with Crippen molar-refractivity contribution in [3.63, 3.8) is 0 Å². The van der Waals surface area contributed by atoms with E-state index >= 15 is 0 Å². The van der Waals surface area contributed by atoms with Crippen LogP contribution in [-0.4, -0.2) is 55.5 Å². The summed E-state index contributed by atoms with van der Waals surface area (Å²) in [6.07, 6.45) is 21.2. The van der Waals surface area contributed by atoms with E-state index in [1.54, 1.807) is 13.8 Å². The summed E-state index contributed by atoms with van der Waals surface area (Å²) in [4.78, 5) is 37.7. The molecule has 2 amide bonds. The number of carbonyl (C=O) groups excluding carboxylic acids is 3. The van der Waals surface area contributed by atoms with Crippen molar-refractivity contribution in [3.05, 3.63) is 12.2 Å². The third-order valence-corrected chi connectivity index (χ3v) is 8.00. The second-order valence-corrected chi connectivity index (χ2v) is 14.1. The van der Waals surface area contributed by atoms with Crippen LogP contribution in [0.5, 0.6) is 0 Å². The van der Waals surface area contributed by atoms with Crippen LogP contribution in [0.3, 0.4) is 0 Å². The fourth-order valence-corrected chi connectivity index (χ4v) is 5.36. The Labute approximate surface area is 269 Å². The summed E-state index contributed by atoms with van der Waals surface area (Å²) in [5.74, 6) is -1.14. The Morgan fingerprint density at radius 1 is 0.864 bits per heavy atom. The van der Waals surface area contributed by atoms with Gasteiger partial charge in [-0.15, -0.1) is 0 Å². The number of allylic oxidation sites excluding steroid dienone is 2. The van der Waals surface area contributed by atoms with Gasteiger partial charge in [-0.05, 0) is 58.3 Å². The molecule has 8 heteroatoms. The lowest BCUT2D eigenvalue weighted by Gasteiger charge is -2.44. The molecule has 0 aromatic heterocycles. The maximum absolute atomic E-state index is 12.7. The van der Waals surface area contributed by atoms with Crippen LogP contribution >= 0.6 is 0 Å². The molecule has 0 radical (unpaired) electrons. The molecule has 0 spiro atoms. The summed E-state index contributed by atoms with van der Waals surface area (Å²) < 4.78 is 17.0. The van der Waals surface area contributed by atoms with Crippen LogP contribution in [0.2, 0.25) is 0 Å². The molecular formula is C36H66N2O6. The van der Waals surface area contributed by atoms with Crippen molar-refractivity contribution >= 4 is 17.8 Å². The molecule has 1 aliphatic rings. The molecule has 1 fully saturated rings. The third-order valence-electron chi connectivity index (χ3n) is 8.00. The summed E-state index contributed by atoms with van der Waals surface area (Å²) in [5, 5.41) is 5.86. The fourth-order valence-electron chi connectivity index (χ4n) is 5.36. The lowest BCUT2D eigenvalue weighted by atomic mass is 9.85. The first-order valence-electron chi connectivity index (χ1n) is 17.6. The zero-order chi connectivity index (χ0) is 32.8. The van der Waals surface area contributed by atoms with Gasteiger partial charge >= 0.3 is 5.97 Å². The van der Waals surface area contributed by atoms with Gasteiger partial charge in [0.05, 0.1) is 19.1 Å². The van der Waals surface area contributed by atoms with Gasteiger partial charge in [-0.2, -0.15) is 0 Å². The topological polar surface area (TPSA) is 103 Å². The Kier molecular flexibility index (Phi) is 20.6. The van der Waals surface area contributed by atoms with E-state index in [0.29, 0.717) is 18.9 Å². The first kappa shape index (κ1) is 40.1. The van der Waals surface area contributed by atoms with Gasteiger partial charge in [-0.3, -0.25) is 14.4 Å². The zero-order valence-corrected chi connectivity index (χ0v) is 29.3. The highest BCUT2D eigenvalue weighted by Crippen LogP contribution is 2.34. The first-order chi connectivity index (χ1) is 20.9. The fraction of sp³-hybridized carbons (Fsp3) is 0.861. The van der Waals surface area contributed by atoms with E-state index in [-0.39, 0.29) is 37.4 Å². The zero-order valence-electron chi connectivity index (χ0n) is 29.3.